The third-order valence-electron chi connectivity index (χ3n) is 5.76. The maximum atomic E-state index is 13.6. The summed E-state index contributed by atoms with van der Waals surface area (Å²) in [5, 5.41) is 3.83. The van der Waals surface area contributed by atoms with Crippen LogP contribution in [0.25, 0.3) is 0 Å². The van der Waals surface area contributed by atoms with E-state index >= 15 is 0 Å². The number of ketones is 1. The maximum Gasteiger partial charge on any atom is 0.336 e. The average Bonchev–Trinajstić information content (AvgIpc) is 2.74. The highest BCUT2D eigenvalue weighted by Gasteiger charge is 2.47. The lowest BCUT2D eigenvalue weighted by molar-refractivity contribution is -0.151. The van der Waals surface area contributed by atoms with Gasteiger partial charge in [-0.25, -0.2) is 4.79 Å². The van der Waals surface area contributed by atoms with Crippen molar-refractivity contribution in [2.75, 3.05) is 27.4 Å². The Morgan fingerprint density at radius 2 is 1.88 bits per heavy atom. The molecule has 0 unspecified atom stereocenters. The highest BCUT2D eigenvalue weighted by molar-refractivity contribution is 6.42. The molecule has 1 N–H and O–H groups in total. The number of hydrogen-bond donors (Lipinski definition) is 1. The van der Waals surface area contributed by atoms with Crippen LogP contribution >= 0.6 is 23.2 Å². The Balaban J connectivity index is 2.14. The van der Waals surface area contributed by atoms with Gasteiger partial charge < -0.3 is 19.5 Å². The average molecular weight is 482 g/mol. The lowest BCUT2D eigenvalue weighted by Crippen LogP contribution is -2.43. The number of Topliss-reactive ketones (excluding diaryl/α,β-unsaturated/α-hetero) is 1. The molecule has 0 radical (unpaired) electrons. The molecular weight excluding hydrogens is 457 g/mol. The summed E-state index contributed by atoms with van der Waals surface area (Å²) in [4.78, 5) is 39.1. The first kappa shape index (κ1) is 24.3. The standard InChI is InChI=1S/C23H25Cl2NO6/c1-11-9-16-20(21(27)17(11)22(28)31-4)19(13-5-6-14(24)15(25)10-13)18(12(2)26-16)23(29)32-8-7-30-3/h5-6,10-11,17,19,26H,7-9H2,1-4H3/t11-,17+,19-/m0/s1. The van der Waals surface area contributed by atoms with Crippen molar-refractivity contribution >= 4 is 40.9 Å². The van der Waals surface area contributed by atoms with Crippen molar-refractivity contribution < 1.29 is 28.6 Å². The smallest absolute Gasteiger partial charge is 0.336 e. The van der Waals surface area contributed by atoms with Gasteiger partial charge in [0.1, 0.15) is 12.5 Å². The zero-order chi connectivity index (χ0) is 23.6. The summed E-state index contributed by atoms with van der Waals surface area (Å²) in [5.41, 5.74) is 2.44. The first-order valence-corrected chi connectivity index (χ1v) is 10.9. The van der Waals surface area contributed by atoms with Crippen molar-refractivity contribution in [1.29, 1.82) is 0 Å². The molecule has 1 aliphatic carbocycles. The van der Waals surface area contributed by atoms with E-state index in [4.69, 9.17) is 37.4 Å². The molecule has 3 atom stereocenters. The van der Waals surface area contributed by atoms with Crippen molar-refractivity contribution in [1.82, 2.24) is 5.32 Å². The number of carbonyl (C=O) groups excluding carboxylic acids is 3. The van der Waals surface area contributed by atoms with E-state index < -0.39 is 23.8 Å². The molecule has 1 aromatic carbocycles. The Bertz CT molecular complexity index is 1020. The molecule has 0 fully saturated rings. The second-order valence-electron chi connectivity index (χ2n) is 7.84. The van der Waals surface area contributed by atoms with Gasteiger partial charge in [-0.1, -0.05) is 36.2 Å². The van der Waals surface area contributed by atoms with E-state index in [1.165, 1.54) is 14.2 Å². The quantitative estimate of drug-likeness (QED) is 0.375. The molecule has 0 aromatic heterocycles. The molecule has 0 spiro atoms. The molecule has 0 amide bonds. The lowest BCUT2D eigenvalue weighted by Gasteiger charge is -2.38. The molecule has 7 nitrogen and oxygen atoms in total. The van der Waals surface area contributed by atoms with Crippen LogP contribution in [0.5, 0.6) is 0 Å². The second-order valence-corrected chi connectivity index (χ2v) is 8.65. The van der Waals surface area contributed by atoms with E-state index in [2.05, 4.69) is 5.32 Å². The molecule has 1 aliphatic heterocycles. The highest BCUT2D eigenvalue weighted by atomic mass is 35.5. The number of hydrogen-bond acceptors (Lipinski definition) is 7. The third-order valence-corrected chi connectivity index (χ3v) is 6.50. The van der Waals surface area contributed by atoms with E-state index in [1.54, 1.807) is 25.1 Å². The van der Waals surface area contributed by atoms with Crippen molar-refractivity contribution in [3.05, 3.63) is 56.3 Å². The second kappa shape index (κ2) is 10.1. The van der Waals surface area contributed by atoms with Crippen LogP contribution in [-0.4, -0.2) is 45.2 Å². The van der Waals surface area contributed by atoms with Crippen molar-refractivity contribution in [3.8, 4) is 0 Å². The Labute approximate surface area is 196 Å². The summed E-state index contributed by atoms with van der Waals surface area (Å²) < 4.78 is 15.2. The van der Waals surface area contributed by atoms with Gasteiger partial charge in [-0.15, -0.1) is 0 Å². The van der Waals surface area contributed by atoms with Crippen LogP contribution in [-0.2, 0) is 28.6 Å². The highest BCUT2D eigenvalue weighted by Crippen LogP contribution is 2.46. The Morgan fingerprint density at radius 1 is 1.16 bits per heavy atom. The van der Waals surface area contributed by atoms with Crippen molar-refractivity contribution in [2.24, 2.45) is 11.8 Å². The summed E-state index contributed by atoms with van der Waals surface area (Å²) in [6, 6.07) is 4.94. The number of esters is 2. The topological polar surface area (TPSA) is 90.9 Å². The molecule has 2 aliphatic rings. The number of benzene rings is 1. The normalized spacial score (nSPS) is 22.9. The summed E-state index contributed by atoms with van der Waals surface area (Å²) in [5.74, 6) is -3.58. The van der Waals surface area contributed by atoms with Gasteiger partial charge in [0.2, 0.25) is 0 Å². The molecular formula is C23H25Cl2NO6. The molecule has 1 aromatic rings. The number of carbonyl (C=O) groups is 3. The Hall–Kier alpha value is -2.35. The Kier molecular flexibility index (Phi) is 7.64. The largest absolute Gasteiger partial charge is 0.468 e. The molecule has 1 heterocycles. The SMILES string of the molecule is COCCOC(=O)C1=C(C)NC2=C(C(=O)[C@H](C(=O)OC)[C@@H](C)C2)[C@H]1c1ccc(Cl)c(Cl)c1. The minimum atomic E-state index is -0.963. The number of halogens is 2. The van der Waals surface area contributed by atoms with E-state index in [1.807, 2.05) is 6.92 Å². The van der Waals surface area contributed by atoms with Crippen LogP contribution in [0.2, 0.25) is 10.0 Å². The molecule has 0 saturated heterocycles. The number of rotatable bonds is 6. The summed E-state index contributed by atoms with van der Waals surface area (Å²) >= 11 is 12.4. The number of ether oxygens (including phenoxy) is 3. The van der Waals surface area contributed by atoms with Gasteiger partial charge >= 0.3 is 11.9 Å². The van der Waals surface area contributed by atoms with Crippen LogP contribution in [0.3, 0.4) is 0 Å². The van der Waals surface area contributed by atoms with Crippen LogP contribution in [0.15, 0.2) is 40.7 Å². The van der Waals surface area contributed by atoms with Gasteiger partial charge in [-0.05, 0) is 37.0 Å². The van der Waals surface area contributed by atoms with E-state index in [-0.39, 0.29) is 35.5 Å². The molecule has 172 valence electrons. The predicted molar refractivity (Wildman–Crippen MR) is 119 cm³/mol. The van der Waals surface area contributed by atoms with E-state index in [0.717, 1.165) is 0 Å². The first-order valence-electron chi connectivity index (χ1n) is 10.1. The number of nitrogens with one attached hydrogen (secondary N) is 1. The number of allylic oxidation sites excluding steroid dienone is 3. The summed E-state index contributed by atoms with van der Waals surface area (Å²) in [6.45, 7) is 3.87. The summed E-state index contributed by atoms with van der Waals surface area (Å²) in [7, 11) is 2.76. The van der Waals surface area contributed by atoms with Gasteiger partial charge in [0.05, 0.1) is 29.3 Å². The van der Waals surface area contributed by atoms with Crippen molar-refractivity contribution in [3.63, 3.8) is 0 Å². The molecule has 0 saturated carbocycles. The fraction of sp³-hybridized carbons (Fsp3) is 0.435. The lowest BCUT2D eigenvalue weighted by atomic mass is 9.69. The number of methoxy groups -OCH3 is 2. The molecule has 0 bridgehead atoms. The molecule has 9 heteroatoms. The fourth-order valence-electron chi connectivity index (χ4n) is 4.27. The van der Waals surface area contributed by atoms with Crippen molar-refractivity contribution in [2.45, 2.75) is 26.2 Å². The first-order chi connectivity index (χ1) is 15.2. The van der Waals surface area contributed by atoms with Gasteiger partial charge in [-0.3, -0.25) is 9.59 Å². The monoisotopic (exact) mass is 481 g/mol. The molecule has 3 rings (SSSR count). The van der Waals surface area contributed by atoms with E-state index in [9.17, 15) is 14.4 Å². The third kappa shape index (κ3) is 4.56. The van der Waals surface area contributed by atoms with Gasteiger partial charge in [0.25, 0.3) is 0 Å². The maximum absolute atomic E-state index is 13.6. The van der Waals surface area contributed by atoms with Gasteiger partial charge in [-0.2, -0.15) is 0 Å². The predicted octanol–water partition coefficient (Wildman–Crippen LogP) is 3.80. The molecule has 32 heavy (non-hydrogen) atoms. The minimum absolute atomic E-state index is 0.0574. The zero-order valence-corrected chi connectivity index (χ0v) is 19.8. The fourth-order valence-corrected chi connectivity index (χ4v) is 4.58. The minimum Gasteiger partial charge on any atom is -0.468 e. The van der Waals surface area contributed by atoms with Crippen LogP contribution in [0.1, 0.15) is 31.7 Å². The van der Waals surface area contributed by atoms with Gasteiger partial charge in [0.15, 0.2) is 5.78 Å². The van der Waals surface area contributed by atoms with Gasteiger partial charge in [0, 0.05) is 30.0 Å². The van der Waals surface area contributed by atoms with Crippen LogP contribution in [0, 0.1) is 11.8 Å². The summed E-state index contributed by atoms with van der Waals surface area (Å²) in [6.07, 6.45) is 0.446. The number of dihydropyridines is 1. The Morgan fingerprint density at radius 3 is 2.50 bits per heavy atom. The van der Waals surface area contributed by atoms with E-state index in [0.29, 0.717) is 34.0 Å². The van der Waals surface area contributed by atoms with Crippen LogP contribution < -0.4 is 5.32 Å². The van der Waals surface area contributed by atoms with Crippen LogP contribution in [0.4, 0.5) is 0 Å². The zero-order valence-electron chi connectivity index (χ0n) is 18.3.